The van der Waals surface area contributed by atoms with Crippen molar-refractivity contribution in [2.24, 2.45) is 11.8 Å². The summed E-state index contributed by atoms with van der Waals surface area (Å²) in [5, 5.41) is 5.74. The summed E-state index contributed by atoms with van der Waals surface area (Å²) in [6.45, 7) is 8.87. The van der Waals surface area contributed by atoms with Crippen LogP contribution in [0.2, 0.25) is 0 Å². The van der Waals surface area contributed by atoms with E-state index in [4.69, 9.17) is 0 Å². The van der Waals surface area contributed by atoms with Crippen LogP contribution < -0.4 is 10.6 Å². The summed E-state index contributed by atoms with van der Waals surface area (Å²) in [5.41, 5.74) is 1.24. The fraction of sp³-hybridized carbons (Fsp3) is 0.550. The van der Waals surface area contributed by atoms with Crippen LogP contribution in [-0.4, -0.2) is 41.8 Å². The summed E-state index contributed by atoms with van der Waals surface area (Å²) in [4.78, 5) is 38.2. The second-order valence-corrected chi connectivity index (χ2v) is 7.45. The molecule has 3 amide bonds. The molecule has 0 spiro atoms. The average molecular weight is 359 g/mol. The van der Waals surface area contributed by atoms with Crippen LogP contribution in [0.5, 0.6) is 0 Å². The van der Waals surface area contributed by atoms with Gasteiger partial charge in [-0.05, 0) is 51.0 Å². The van der Waals surface area contributed by atoms with Crippen LogP contribution in [0.4, 0.5) is 5.69 Å². The Balaban J connectivity index is 1.86. The van der Waals surface area contributed by atoms with Crippen molar-refractivity contribution >= 4 is 23.4 Å². The summed E-state index contributed by atoms with van der Waals surface area (Å²) >= 11 is 0. The van der Waals surface area contributed by atoms with Crippen molar-refractivity contribution in [1.82, 2.24) is 10.2 Å². The van der Waals surface area contributed by atoms with Crippen molar-refractivity contribution in [3.63, 3.8) is 0 Å². The smallest absolute Gasteiger partial charge is 0.251 e. The molecule has 2 rings (SSSR count). The monoisotopic (exact) mass is 359 g/mol. The second-order valence-electron chi connectivity index (χ2n) is 7.45. The molecule has 1 aromatic rings. The van der Waals surface area contributed by atoms with Crippen LogP contribution in [0.3, 0.4) is 0 Å². The van der Waals surface area contributed by atoms with Crippen molar-refractivity contribution in [2.45, 2.75) is 46.6 Å². The number of hydrogen-bond donors (Lipinski definition) is 2. The highest BCUT2D eigenvalue weighted by Crippen LogP contribution is 2.21. The van der Waals surface area contributed by atoms with E-state index in [1.165, 1.54) is 0 Å². The summed E-state index contributed by atoms with van der Waals surface area (Å²) < 4.78 is 0. The number of carbonyl (C=O) groups is 3. The van der Waals surface area contributed by atoms with Crippen molar-refractivity contribution in [1.29, 1.82) is 0 Å². The minimum atomic E-state index is -0.125. The molecule has 1 aliphatic heterocycles. The van der Waals surface area contributed by atoms with Gasteiger partial charge < -0.3 is 15.5 Å². The lowest BCUT2D eigenvalue weighted by atomic mass is 9.95. The van der Waals surface area contributed by atoms with Crippen molar-refractivity contribution in [3.05, 3.63) is 29.8 Å². The highest BCUT2D eigenvalue weighted by atomic mass is 16.2. The minimum Gasteiger partial charge on any atom is -0.350 e. The van der Waals surface area contributed by atoms with Crippen LogP contribution in [0.1, 0.15) is 50.9 Å². The first-order valence-corrected chi connectivity index (χ1v) is 9.28. The number of nitrogens with zero attached hydrogens (tertiary/aromatic N) is 1. The number of benzene rings is 1. The predicted octanol–water partition coefficient (Wildman–Crippen LogP) is 2.66. The summed E-state index contributed by atoms with van der Waals surface area (Å²) in [6.07, 6.45) is 1.36. The van der Waals surface area contributed by atoms with Crippen LogP contribution in [0.25, 0.3) is 0 Å². The van der Waals surface area contributed by atoms with Gasteiger partial charge in [-0.25, -0.2) is 0 Å². The third-order valence-corrected chi connectivity index (χ3v) is 4.51. The SMILES string of the molecule is CC(C)NC(=O)c1ccc(NC(=O)C2CCN(C(=O)C(C)C)CC2)cc1. The van der Waals surface area contributed by atoms with E-state index in [-0.39, 0.29) is 35.6 Å². The van der Waals surface area contributed by atoms with E-state index in [2.05, 4.69) is 10.6 Å². The van der Waals surface area contributed by atoms with E-state index in [1.54, 1.807) is 24.3 Å². The van der Waals surface area contributed by atoms with Gasteiger partial charge in [0.15, 0.2) is 0 Å². The van der Waals surface area contributed by atoms with Gasteiger partial charge in [0.25, 0.3) is 5.91 Å². The maximum Gasteiger partial charge on any atom is 0.251 e. The van der Waals surface area contributed by atoms with Gasteiger partial charge in [-0.3, -0.25) is 14.4 Å². The Kier molecular flexibility index (Phi) is 6.77. The van der Waals surface area contributed by atoms with Crippen LogP contribution in [0, 0.1) is 11.8 Å². The highest BCUT2D eigenvalue weighted by molar-refractivity contribution is 5.96. The largest absolute Gasteiger partial charge is 0.350 e. The van der Waals surface area contributed by atoms with E-state index in [9.17, 15) is 14.4 Å². The molecule has 1 saturated heterocycles. The maximum atomic E-state index is 12.4. The zero-order valence-corrected chi connectivity index (χ0v) is 16.0. The molecule has 0 saturated carbocycles. The zero-order chi connectivity index (χ0) is 19.3. The van der Waals surface area contributed by atoms with Crippen LogP contribution in [-0.2, 0) is 9.59 Å². The fourth-order valence-corrected chi connectivity index (χ4v) is 3.02. The van der Waals surface area contributed by atoms with E-state index in [1.807, 2.05) is 32.6 Å². The average Bonchev–Trinajstić information content (AvgIpc) is 2.61. The van der Waals surface area contributed by atoms with Gasteiger partial charge >= 0.3 is 0 Å². The number of rotatable bonds is 5. The Morgan fingerprint density at radius 1 is 1.00 bits per heavy atom. The first-order chi connectivity index (χ1) is 12.3. The Bertz CT molecular complexity index is 645. The third-order valence-electron chi connectivity index (χ3n) is 4.51. The Hall–Kier alpha value is -2.37. The normalized spacial score (nSPS) is 15.2. The minimum absolute atomic E-state index is 0.00760. The second kappa shape index (κ2) is 8.83. The molecule has 0 bridgehead atoms. The third kappa shape index (κ3) is 5.31. The summed E-state index contributed by atoms with van der Waals surface area (Å²) in [6, 6.07) is 6.97. The van der Waals surface area contributed by atoms with E-state index in [0.717, 1.165) is 0 Å². The van der Waals surface area contributed by atoms with Gasteiger partial charge in [0.2, 0.25) is 11.8 Å². The Labute approximate surface area is 155 Å². The summed E-state index contributed by atoms with van der Waals surface area (Å²) in [5.74, 6) is -0.0952. The van der Waals surface area contributed by atoms with Crippen molar-refractivity contribution in [3.8, 4) is 0 Å². The van der Waals surface area contributed by atoms with Crippen molar-refractivity contribution < 1.29 is 14.4 Å². The number of amides is 3. The molecule has 1 heterocycles. The molecule has 26 heavy (non-hydrogen) atoms. The lowest BCUT2D eigenvalue weighted by Crippen LogP contribution is -2.43. The van der Waals surface area contributed by atoms with E-state index >= 15 is 0 Å². The van der Waals surface area contributed by atoms with Gasteiger partial charge in [-0.15, -0.1) is 0 Å². The van der Waals surface area contributed by atoms with E-state index < -0.39 is 0 Å². The molecule has 1 aliphatic rings. The Morgan fingerprint density at radius 3 is 2.08 bits per heavy atom. The molecule has 1 aromatic carbocycles. The topological polar surface area (TPSA) is 78.5 Å². The molecule has 2 N–H and O–H groups in total. The standard InChI is InChI=1S/C20H29N3O3/c1-13(2)20(26)23-11-9-16(10-12-23)19(25)22-17-7-5-15(6-8-17)18(24)21-14(3)4/h5-8,13-14,16H,9-12H2,1-4H3,(H,21,24)(H,22,25). The lowest BCUT2D eigenvalue weighted by Gasteiger charge is -2.32. The van der Waals surface area contributed by atoms with Gasteiger partial charge in [0.1, 0.15) is 0 Å². The number of carbonyl (C=O) groups excluding carboxylic acids is 3. The van der Waals surface area contributed by atoms with Crippen LogP contribution in [0.15, 0.2) is 24.3 Å². The molecular weight excluding hydrogens is 330 g/mol. The Morgan fingerprint density at radius 2 is 1.58 bits per heavy atom. The highest BCUT2D eigenvalue weighted by Gasteiger charge is 2.28. The molecule has 0 radical (unpaired) electrons. The molecule has 142 valence electrons. The molecule has 1 fully saturated rings. The number of piperidine rings is 1. The van der Waals surface area contributed by atoms with Gasteiger partial charge in [-0.2, -0.15) is 0 Å². The van der Waals surface area contributed by atoms with E-state index in [0.29, 0.717) is 37.2 Å². The molecule has 0 atom stereocenters. The quantitative estimate of drug-likeness (QED) is 0.848. The lowest BCUT2D eigenvalue weighted by molar-refractivity contribution is -0.137. The zero-order valence-electron chi connectivity index (χ0n) is 16.0. The molecule has 0 unspecified atom stereocenters. The van der Waals surface area contributed by atoms with Gasteiger partial charge in [-0.1, -0.05) is 13.8 Å². The molecule has 6 nitrogen and oxygen atoms in total. The summed E-state index contributed by atoms with van der Waals surface area (Å²) in [7, 11) is 0. The van der Waals surface area contributed by atoms with Crippen molar-refractivity contribution in [2.75, 3.05) is 18.4 Å². The fourth-order valence-electron chi connectivity index (χ4n) is 3.02. The number of anilines is 1. The number of likely N-dealkylation sites (tertiary alicyclic amines) is 1. The van der Waals surface area contributed by atoms with Crippen LogP contribution >= 0.6 is 0 Å². The molecule has 6 heteroatoms. The number of hydrogen-bond acceptors (Lipinski definition) is 3. The molecule has 0 aliphatic carbocycles. The van der Waals surface area contributed by atoms with Gasteiger partial charge in [0.05, 0.1) is 0 Å². The van der Waals surface area contributed by atoms with Gasteiger partial charge in [0, 0.05) is 42.2 Å². The molecular formula is C20H29N3O3. The predicted molar refractivity (Wildman–Crippen MR) is 102 cm³/mol. The first kappa shape index (κ1) is 19.9. The number of nitrogens with one attached hydrogen (secondary N) is 2. The maximum absolute atomic E-state index is 12.4. The first-order valence-electron chi connectivity index (χ1n) is 9.28. The molecule has 0 aromatic heterocycles.